The van der Waals surface area contributed by atoms with Crippen molar-refractivity contribution in [2.45, 2.75) is 19.3 Å². The minimum Gasteiger partial charge on any atom is -0.392 e. The lowest BCUT2D eigenvalue weighted by Gasteiger charge is -2.18. The highest BCUT2D eigenvalue weighted by molar-refractivity contribution is 9.11. The molecule has 0 atom stereocenters. The van der Waals surface area contributed by atoms with Gasteiger partial charge in [0.15, 0.2) is 6.29 Å². The summed E-state index contributed by atoms with van der Waals surface area (Å²) in [6.45, 7) is -0.994. The molecule has 102 valence electrons. The SMILES string of the molecule is OCc1c(NCC(F)F)cc(Br)c(C(O)O)c1Br. The molecule has 0 radical (unpaired) electrons. The summed E-state index contributed by atoms with van der Waals surface area (Å²) in [5.74, 6) is 0. The normalized spacial score (nSPS) is 11.4. The molecule has 0 bridgehead atoms. The van der Waals surface area contributed by atoms with Crippen molar-refractivity contribution in [1.29, 1.82) is 0 Å². The van der Waals surface area contributed by atoms with Crippen molar-refractivity contribution < 1.29 is 24.1 Å². The van der Waals surface area contributed by atoms with Crippen LogP contribution < -0.4 is 5.32 Å². The van der Waals surface area contributed by atoms with E-state index in [9.17, 15) is 24.1 Å². The smallest absolute Gasteiger partial charge is 0.255 e. The number of hydrogen-bond donors (Lipinski definition) is 4. The average Bonchev–Trinajstić information content (AvgIpc) is 2.25. The molecule has 0 aliphatic carbocycles. The zero-order valence-electron chi connectivity index (χ0n) is 9.00. The standard InChI is InChI=1S/C10H11Br2F2NO3/c11-5-1-6(15-2-7(13)14)4(3-16)9(12)8(5)10(17)18/h1,7,10,15-18H,2-3H2. The first-order chi connectivity index (χ1) is 8.38. The number of halogens is 4. The monoisotopic (exact) mass is 389 g/mol. The van der Waals surface area contributed by atoms with Crippen molar-refractivity contribution in [2.75, 3.05) is 11.9 Å². The molecular formula is C10H11Br2F2NO3. The van der Waals surface area contributed by atoms with Gasteiger partial charge in [0.2, 0.25) is 0 Å². The van der Waals surface area contributed by atoms with Crippen LogP contribution in [0.1, 0.15) is 17.4 Å². The zero-order chi connectivity index (χ0) is 13.9. The highest BCUT2D eigenvalue weighted by atomic mass is 79.9. The third-order valence-corrected chi connectivity index (χ3v) is 3.78. The number of nitrogens with one attached hydrogen (secondary N) is 1. The van der Waals surface area contributed by atoms with E-state index >= 15 is 0 Å². The van der Waals surface area contributed by atoms with Crippen molar-refractivity contribution >= 4 is 37.5 Å². The first-order valence-corrected chi connectivity index (χ1v) is 6.46. The second-order valence-corrected chi connectivity index (χ2v) is 5.06. The van der Waals surface area contributed by atoms with Crippen LogP contribution in [-0.2, 0) is 6.61 Å². The maximum absolute atomic E-state index is 12.1. The highest BCUT2D eigenvalue weighted by Gasteiger charge is 2.19. The Bertz CT molecular complexity index is 430. The molecule has 0 fully saturated rings. The fourth-order valence-corrected chi connectivity index (χ4v) is 3.07. The van der Waals surface area contributed by atoms with Gasteiger partial charge in [-0.1, -0.05) is 15.9 Å². The summed E-state index contributed by atoms with van der Waals surface area (Å²) in [6, 6.07) is 1.41. The summed E-state index contributed by atoms with van der Waals surface area (Å²) in [4.78, 5) is 0. The van der Waals surface area contributed by atoms with Crippen LogP contribution in [0.15, 0.2) is 15.0 Å². The number of aliphatic hydroxyl groups excluding tert-OH is 2. The lowest BCUT2D eigenvalue weighted by molar-refractivity contribution is -0.0436. The molecule has 0 spiro atoms. The summed E-state index contributed by atoms with van der Waals surface area (Å²) in [7, 11) is 0. The minimum atomic E-state index is -2.53. The van der Waals surface area contributed by atoms with Gasteiger partial charge in [-0.25, -0.2) is 8.78 Å². The Hall–Kier alpha value is -0.280. The van der Waals surface area contributed by atoms with Crippen LogP contribution in [0.25, 0.3) is 0 Å². The molecule has 0 aliphatic rings. The van der Waals surface area contributed by atoms with Crippen LogP contribution in [0.5, 0.6) is 0 Å². The lowest BCUT2D eigenvalue weighted by atomic mass is 10.1. The molecule has 18 heavy (non-hydrogen) atoms. The number of alkyl halides is 2. The molecule has 0 unspecified atom stereocenters. The summed E-state index contributed by atoms with van der Waals surface area (Å²) < 4.78 is 24.9. The predicted molar refractivity (Wildman–Crippen MR) is 69.4 cm³/mol. The van der Waals surface area contributed by atoms with Gasteiger partial charge in [-0.15, -0.1) is 0 Å². The first kappa shape index (κ1) is 15.8. The Kier molecular flexibility index (Phi) is 5.93. The summed E-state index contributed by atoms with van der Waals surface area (Å²) >= 11 is 6.22. The van der Waals surface area contributed by atoms with E-state index in [-0.39, 0.29) is 15.6 Å². The molecule has 0 aromatic heterocycles. The quantitative estimate of drug-likeness (QED) is 0.582. The van der Waals surface area contributed by atoms with E-state index in [1.54, 1.807) is 0 Å². The number of aliphatic hydroxyl groups is 3. The van der Waals surface area contributed by atoms with E-state index in [1.165, 1.54) is 6.07 Å². The first-order valence-electron chi connectivity index (χ1n) is 4.88. The summed E-state index contributed by atoms with van der Waals surface area (Å²) in [6.07, 6.45) is -4.28. The average molecular weight is 391 g/mol. The number of anilines is 1. The Balaban J connectivity index is 3.20. The maximum atomic E-state index is 12.1. The van der Waals surface area contributed by atoms with Crippen LogP contribution in [0.3, 0.4) is 0 Å². The van der Waals surface area contributed by atoms with Crippen molar-refractivity contribution in [1.82, 2.24) is 0 Å². The Morgan fingerprint density at radius 2 is 1.89 bits per heavy atom. The van der Waals surface area contributed by atoms with Crippen LogP contribution >= 0.6 is 31.9 Å². The van der Waals surface area contributed by atoms with Gasteiger partial charge >= 0.3 is 0 Å². The van der Waals surface area contributed by atoms with E-state index < -0.39 is 25.9 Å². The van der Waals surface area contributed by atoms with Gasteiger partial charge in [-0.2, -0.15) is 0 Å². The van der Waals surface area contributed by atoms with Gasteiger partial charge in [0.1, 0.15) is 0 Å². The second-order valence-electron chi connectivity index (χ2n) is 3.42. The van der Waals surface area contributed by atoms with Crippen LogP contribution in [0, 0.1) is 0 Å². The minimum absolute atomic E-state index is 0.127. The highest BCUT2D eigenvalue weighted by Crippen LogP contribution is 2.37. The predicted octanol–water partition coefficient (Wildman–Crippen LogP) is 2.36. The van der Waals surface area contributed by atoms with Crippen molar-refractivity contribution in [3.05, 3.63) is 26.1 Å². The Labute approximate surface area is 119 Å². The van der Waals surface area contributed by atoms with E-state index in [2.05, 4.69) is 37.2 Å². The summed E-state index contributed by atoms with van der Waals surface area (Å²) in [5, 5.41) is 30.1. The van der Waals surface area contributed by atoms with Crippen molar-refractivity contribution in [3.63, 3.8) is 0 Å². The fourth-order valence-electron chi connectivity index (χ4n) is 1.41. The lowest BCUT2D eigenvalue weighted by Crippen LogP contribution is -2.13. The Morgan fingerprint density at radius 3 is 2.33 bits per heavy atom. The second kappa shape index (κ2) is 6.76. The third-order valence-electron chi connectivity index (χ3n) is 2.22. The van der Waals surface area contributed by atoms with Gasteiger partial charge in [0, 0.05) is 25.8 Å². The zero-order valence-corrected chi connectivity index (χ0v) is 12.2. The molecule has 0 heterocycles. The van der Waals surface area contributed by atoms with Crippen molar-refractivity contribution in [3.8, 4) is 0 Å². The van der Waals surface area contributed by atoms with E-state index in [0.29, 0.717) is 10.2 Å². The van der Waals surface area contributed by atoms with Gasteiger partial charge in [0.05, 0.1) is 13.2 Å². The van der Waals surface area contributed by atoms with E-state index in [0.717, 1.165) is 0 Å². The van der Waals surface area contributed by atoms with E-state index in [4.69, 9.17) is 0 Å². The van der Waals surface area contributed by atoms with Gasteiger partial charge < -0.3 is 20.6 Å². The molecule has 0 saturated heterocycles. The molecule has 4 N–H and O–H groups in total. The summed E-state index contributed by atoms with van der Waals surface area (Å²) in [5.41, 5.74) is 0.699. The largest absolute Gasteiger partial charge is 0.392 e. The molecule has 1 aromatic carbocycles. The number of rotatable bonds is 5. The number of hydrogen-bond acceptors (Lipinski definition) is 4. The van der Waals surface area contributed by atoms with Crippen LogP contribution in [0.4, 0.5) is 14.5 Å². The number of benzene rings is 1. The van der Waals surface area contributed by atoms with Crippen LogP contribution in [-0.4, -0.2) is 28.3 Å². The maximum Gasteiger partial charge on any atom is 0.255 e. The van der Waals surface area contributed by atoms with Crippen LogP contribution in [0.2, 0.25) is 0 Å². The molecule has 0 amide bonds. The molecule has 0 aliphatic heterocycles. The van der Waals surface area contributed by atoms with Crippen molar-refractivity contribution in [2.24, 2.45) is 0 Å². The Morgan fingerprint density at radius 1 is 1.28 bits per heavy atom. The molecule has 0 saturated carbocycles. The molecular weight excluding hydrogens is 380 g/mol. The van der Waals surface area contributed by atoms with Gasteiger partial charge in [-0.05, 0) is 22.0 Å². The molecule has 1 rings (SSSR count). The third kappa shape index (κ3) is 3.61. The molecule has 1 aromatic rings. The molecule has 8 heteroatoms. The topological polar surface area (TPSA) is 72.7 Å². The van der Waals surface area contributed by atoms with E-state index in [1.807, 2.05) is 0 Å². The van der Waals surface area contributed by atoms with Gasteiger partial charge in [-0.3, -0.25) is 0 Å². The molecule has 4 nitrogen and oxygen atoms in total. The fraction of sp³-hybridized carbons (Fsp3) is 0.400. The van der Waals surface area contributed by atoms with Gasteiger partial charge in [0.25, 0.3) is 6.43 Å².